The third-order valence-corrected chi connectivity index (χ3v) is 17.1. The van der Waals surface area contributed by atoms with Gasteiger partial charge in [-0.2, -0.15) is 8.42 Å². The second-order valence-electron chi connectivity index (χ2n) is 22.5. The van der Waals surface area contributed by atoms with Crippen LogP contribution in [0, 0.1) is 5.92 Å². The van der Waals surface area contributed by atoms with E-state index < -0.39 is 63.5 Å². The average molecular weight is 1260 g/mol. The van der Waals surface area contributed by atoms with Crippen molar-refractivity contribution in [3.63, 3.8) is 0 Å². The third-order valence-electron chi connectivity index (χ3n) is 16.0. The molecule has 4 aliphatic rings. The van der Waals surface area contributed by atoms with Crippen LogP contribution in [0.4, 0.5) is 38.9 Å². The van der Waals surface area contributed by atoms with Crippen LogP contribution in [0.2, 0.25) is 0 Å². The largest absolute Gasteiger partial charge is 0.493 e. The predicted molar refractivity (Wildman–Crippen MR) is 337 cm³/mol. The molecule has 6 aromatic carbocycles. The average Bonchev–Trinajstić information content (AvgIpc) is 1.60. The molecule has 24 nitrogen and oxygen atoms in total. The minimum absolute atomic E-state index is 0.0597. The zero-order chi connectivity index (χ0) is 63.8. The summed E-state index contributed by atoms with van der Waals surface area (Å²) in [6.07, 6.45) is -0.0706. The molecule has 0 saturated carbocycles. The molecule has 476 valence electrons. The van der Waals surface area contributed by atoms with Crippen LogP contribution >= 0.6 is 0 Å². The van der Waals surface area contributed by atoms with Crippen molar-refractivity contribution in [1.82, 2.24) is 5.32 Å². The lowest BCUT2D eigenvalue weighted by Crippen LogP contribution is -2.50. The Morgan fingerprint density at radius 3 is 1.90 bits per heavy atom. The summed E-state index contributed by atoms with van der Waals surface area (Å²) in [6, 6.07) is 30.1. The van der Waals surface area contributed by atoms with Crippen molar-refractivity contribution in [2.45, 2.75) is 83.0 Å². The standard InChI is InChI=1S/C65H74N8O16S/c1-38(2)59(66)61(75)68-39(3)60(74)69-45-17-15-40(16-18-45)35-89-65(78)71-34-47-28-43-11-7-9-13-51(43)72(47)64(77)49-31-56(84-6)58(33-53(49)71)88-37-42-25-41(26-46(27-42)67-19-20-85-23-24-86-22-21-82-4)36-87-57-32-50-48(30-55(57)83-5)63(76)73-52-14-10-8-12-44(52)29-54(73)62(70-50)90(79,80)81/h7-18,25-27,30-33,38-39,47,54,59,62,67,70H,19-24,28-29,34-37,66H2,1-6H3,(H,68,75)(H,69,74)(H,79,80,81)/t39-,47-,54-,59-,62?/m0/s1. The fourth-order valence-electron chi connectivity index (χ4n) is 11.3. The second kappa shape index (κ2) is 28.2. The SMILES string of the molecule is COCCOCCOCCNc1cc(COc2cc3c(cc2OC)C(=O)N2c4ccccc4C[C@H]2C(S(=O)(=O)O)N3)cc(COc2cc3c(cc2OC)C(=O)N2c4ccccc4C[C@H]2CN3C(=O)OCc2ccc(NC(=O)[C@H](C)NC(=O)[C@@H](N)C(C)C)cc2)c1. The Kier molecular flexibility index (Phi) is 20.1. The van der Waals surface area contributed by atoms with Gasteiger partial charge in [-0.3, -0.25) is 28.6 Å². The molecule has 4 aliphatic heterocycles. The molecule has 1 unspecified atom stereocenters. The minimum atomic E-state index is -4.76. The Morgan fingerprint density at radius 2 is 1.26 bits per heavy atom. The first-order valence-corrected chi connectivity index (χ1v) is 31.0. The van der Waals surface area contributed by atoms with Crippen molar-refractivity contribution in [3.8, 4) is 23.0 Å². The van der Waals surface area contributed by atoms with Gasteiger partial charge in [-0.1, -0.05) is 62.4 Å². The number of benzene rings is 6. The van der Waals surface area contributed by atoms with Crippen LogP contribution in [0.25, 0.3) is 0 Å². The lowest BCUT2D eigenvalue weighted by Gasteiger charge is -2.27. The van der Waals surface area contributed by atoms with Crippen LogP contribution < -0.4 is 60.6 Å². The zero-order valence-electron chi connectivity index (χ0n) is 50.8. The molecule has 90 heavy (non-hydrogen) atoms. The van der Waals surface area contributed by atoms with Crippen LogP contribution in [-0.2, 0) is 71.3 Å². The Labute approximate surface area is 521 Å². The number of hydrogen-bond donors (Lipinski definition) is 6. The summed E-state index contributed by atoms with van der Waals surface area (Å²) in [5, 5.41) is 10.2. The summed E-state index contributed by atoms with van der Waals surface area (Å²) in [5.74, 6) is -1.05. The number of carbonyl (C=O) groups excluding carboxylic acids is 5. The van der Waals surface area contributed by atoms with Crippen molar-refractivity contribution < 1.29 is 74.8 Å². The number of fused-ring (bicyclic) bond motifs is 8. The molecule has 0 aromatic heterocycles. The van der Waals surface area contributed by atoms with Gasteiger partial charge in [-0.05, 0) is 108 Å². The van der Waals surface area contributed by atoms with E-state index in [1.807, 2.05) is 62.4 Å². The number of amides is 5. The Bertz CT molecular complexity index is 3760. The Hall–Kier alpha value is -8.98. The minimum Gasteiger partial charge on any atom is -0.493 e. The summed E-state index contributed by atoms with van der Waals surface area (Å²) in [5.41, 5.74) is 12.6. The second-order valence-corrected chi connectivity index (χ2v) is 24.0. The van der Waals surface area contributed by atoms with Gasteiger partial charge in [-0.15, -0.1) is 0 Å². The molecule has 6 aromatic rings. The van der Waals surface area contributed by atoms with Crippen LogP contribution in [0.5, 0.6) is 23.0 Å². The monoisotopic (exact) mass is 1250 g/mol. The number of para-hydroxylation sites is 2. The molecule has 4 heterocycles. The molecule has 5 atom stereocenters. The van der Waals surface area contributed by atoms with Gasteiger partial charge in [0, 0.05) is 48.5 Å². The van der Waals surface area contributed by atoms with Crippen LogP contribution in [0.3, 0.4) is 0 Å². The molecule has 0 aliphatic carbocycles. The maximum absolute atomic E-state index is 14.9. The highest BCUT2D eigenvalue weighted by molar-refractivity contribution is 7.86. The number of methoxy groups -OCH3 is 3. The molecule has 10 rings (SSSR count). The normalized spacial score (nSPS) is 17.0. The summed E-state index contributed by atoms with van der Waals surface area (Å²) >= 11 is 0. The first-order chi connectivity index (χ1) is 43.3. The fourth-order valence-corrected chi connectivity index (χ4v) is 12.2. The molecule has 5 amide bonds. The summed E-state index contributed by atoms with van der Waals surface area (Å²) < 4.78 is 83.8. The molecule has 0 spiro atoms. The molecule has 25 heteroatoms. The number of rotatable bonds is 26. The van der Waals surface area contributed by atoms with E-state index in [1.165, 1.54) is 36.2 Å². The van der Waals surface area contributed by atoms with E-state index in [0.29, 0.717) is 79.8 Å². The zero-order valence-corrected chi connectivity index (χ0v) is 51.6. The summed E-state index contributed by atoms with van der Waals surface area (Å²) in [7, 11) is -0.282. The molecule has 7 N–H and O–H groups in total. The number of nitrogens with one attached hydrogen (secondary N) is 4. The van der Waals surface area contributed by atoms with Crippen molar-refractivity contribution in [1.29, 1.82) is 0 Å². The van der Waals surface area contributed by atoms with Gasteiger partial charge >= 0.3 is 6.09 Å². The van der Waals surface area contributed by atoms with Crippen LogP contribution in [0.15, 0.2) is 115 Å². The maximum atomic E-state index is 14.9. The topological polar surface area (TPSA) is 297 Å². The molecular weight excluding hydrogens is 1180 g/mol. The molecule has 0 saturated heterocycles. The van der Waals surface area contributed by atoms with Gasteiger partial charge in [0.1, 0.15) is 25.9 Å². The van der Waals surface area contributed by atoms with Gasteiger partial charge in [-0.25, -0.2) is 4.79 Å². The van der Waals surface area contributed by atoms with E-state index >= 15 is 0 Å². The highest BCUT2D eigenvalue weighted by atomic mass is 32.2. The first-order valence-electron chi connectivity index (χ1n) is 29.5. The fraction of sp³-hybridized carbons (Fsp3) is 0.369. The van der Waals surface area contributed by atoms with E-state index in [2.05, 4.69) is 21.3 Å². The lowest BCUT2D eigenvalue weighted by molar-refractivity contribution is -0.127. The van der Waals surface area contributed by atoms with Gasteiger partial charge in [0.15, 0.2) is 28.4 Å². The summed E-state index contributed by atoms with van der Waals surface area (Å²) in [4.78, 5) is 73.9. The highest BCUT2D eigenvalue weighted by Gasteiger charge is 2.48. The first kappa shape index (κ1) is 64.0. The smallest absolute Gasteiger partial charge is 0.414 e. The van der Waals surface area contributed by atoms with Crippen LogP contribution in [0.1, 0.15) is 69.3 Å². The van der Waals surface area contributed by atoms with Gasteiger partial charge in [0.05, 0.1) is 94.4 Å². The van der Waals surface area contributed by atoms with Crippen molar-refractivity contribution >= 4 is 74.0 Å². The van der Waals surface area contributed by atoms with Crippen molar-refractivity contribution in [2.24, 2.45) is 11.7 Å². The molecular formula is C65H74N8O16S. The maximum Gasteiger partial charge on any atom is 0.414 e. The third kappa shape index (κ3) is 14.4. The Morgan fingerprint density at radius 1 is 0.656 bits per heavy atom. The Balaban J connectivity index is 0.897. The number of ether oxygens (including phenoxy) is 8. The van der Waals surface area contributed by atoms with E-state index in [9.17, 15) is 36.9 Å². The molecule has 0 fully saturated rings. The van der Waals surface area contributed by atoms with Crippen molar-refractivity contribution in [2.75, 3.05) is 98.1 Å². The number of carbonyl (C=O) groups is 5. The quantitative estimate of drug-likeness (QED) is 0.0229. The van der Waals surface area contributed by atoms with Crippen LogP contribution in [-0.4, -0.2) is 140 Å². The number of anilines is 6. The molecule has 0 radical (unpaired) electrons. The highest BCUT2D eigenvalue weighted by Crippen LogP contribution is 2.45. The lowest BCUT2D eigenvalue weighted by atomic mass is 10.0. The van der Waals surface area contributed by atoms with Gasteiger partial charge in [0.2, 0.25) is 11.8 Å². The predicted octanol–water partition coefficient (Wildman–Crippen LogP) is 7.32. The summed E-state index contributed by atoms with van der Waals surface area (Å²) in [6.45, 7) is 7.38. The number of nitrogens with zero attached hydrogens (tertiary/aromatic N) is 3. The van der Waals surface area contributed by atoms with Gasteiger partial charge < -0.3 is 74.7 Å². The van der Waals surface area contributed by atoms with Gasteiger partial charge in [0.25, 0.3) is 21.9 Å². The van der Waals surface area contributed by atoms with E-state index in [1.54, 1.807) is 73.5 Å². The van der Waals surface area contributed by atoms with E-state index in [4.69, 9.17) is 43.6 Å². The number of hydrogen-bond acceptors (Lipinski definition) is 18. The van der Waals surface area contributed by atoms with Crippen molar-refractivity contribution in [3.05, 3.63) is 154 Å². The van der Waals surface area contributed by atoms with E-state index in [-0.39, 0.29) is 90.1 Å². The van der Waals surface area contributed by atoms with E-state index in [0.717, 1.165) is 16.8 Å². The molecule has 0 bridgehead atoms. The number of nitrogens with two attached hydrogens (primary N) is 1.